The quantitative estimate of drug-likeness (QED) is 0.383. The van der Waals surface area contributed by atoms with Crippen LogP contribution >= 0.6 is 11.8 Å². The zero-order valence-electron chi connectivity index (χ0n) is 13.5. The number of carbonyl (C=O) groups is 1. The van der Waals surface area contributed by atoms with Crippen LogP contribution < -0.4 is 0 Å². The number of carboxylic acid groups (broad SMARTS) is 1. The molecule has 0 aromatic carbocycles. The Labute approximate surface area is 130 Å². The number of hydrogen-bond donors (Lipinski definition) is 1. The lowest BCUT2D eigenvalue weighted by Crippen LogP contribution is -2.11. The first-order valence-corrected chi connectivity index (χ1v) is 9.57. The third-order valence-electron chi connectivity index (χ3n) is 3.71. The first-order valence-electron chi connectivity index (χ1n) is 8.53. The summed E-state index contributed by atoms with van der Waals surface area (Å²) in [4.78, 5) is 10.6. The van der Waals surface area contributed by atoms with Gasteiger partial charge >= 0.3 is 5.97 Å². The van der Waals surface area contributed by atoms with E-state index in [2.05, 4.69) is 6.92 Å². The molecular weight excluding hydrogens is 268 g/mol. The van der Waals surface area contributed by atoms with Gasteiger partial charge in [0.1, 0.15) is 0 Å². The van der Waals surface area contributed by atoms with Gasteiger partial charge in [0.05, 0.1) is 5.25 Å². The fourth-order valence-corrected chi connectivity index (χ4v) is 3.14. The zero-order chi connectivity index (χ0) is 15.1. The highest BCUT2D eigenvalue weighted by Gasteiger charge is 2.09. The zero-order valence-corrected chi connectivity index (χ0v) is 14.3. The highest BCUT2D eigenvalue weighted by atomic mass is 32.2. The van der Waals surface area contributed by atoms with Crippen LogP contribution in [0.15, 0.2) is 0 Å². The van der Waals surface area contributed by atoms with E-state index in [0.29, 0.717) is 0 Å². The molecule has 3 heteroatoms. The molecule has 0 rings (SSSR count). The van der Waals surface area contributed by atoms with E-state index in [1.807, 2.05) is 0 Å². The van der Waals surface area contributed by atoms with Crippen LogP contribution in [0.3, 0.4) is 0 Å². The molecule has 0 amide bonds. The van der Waals surface area contributed by atoms with Crippen LogP contribution in [-0.2, 0) is 4.79 Å². The van der Waals surface area contributed by atoms with Gasteiger partial charge in [0.15, 0.2) is 0 Å². The minimum absolute atomic E-state index is 0.247. The van der Waals surface area contributed by atoms with E-state index in [1.165, 1.54) is 77.0 Å². The summed E-state index contributed by atoms with van der Waals surface area (Å²) in [7, 11) is 0. The first kappa shape index (κ1) is 19.8. The van der Waals surface area contributed by atoms with Crippen molar-refractivity contribution in [1.82, 2.24) is 0 Å². The van der Waals surface area contributed by atoms with Gasteiger partial charge in [0, 0.05) is 0 Å². The van der Waals surface area contributed by atoms with E-state index < -0.39 is 5.97 Å². The molecule has 0 bridgehead atoms. The van der Waals surface area contributed by atoms with Crippen molar-refractivity contribution < 1.29 is 9.90 Å². The molecule has 0 aliphatic heterocycles. The van der Waals surface area contributed by atoms with Crippen molar-refractivity contribution in [2.75, 3.05) is 5.75 Å². The predicted octanol–water partition coefficient (Wildman–Crippen LogP) is 5.89. The third kappa shape index (κ3) is 14.2. The molecule has 1 N–H and O–H groups in total. The Hall–Kier alpha value is -0.180. The van der Waals surface area contributed by atoms with Crippen LogP contribution in [0, 0.1) is 0 Å². The van der Waals surface area contributed by atoms with Gasteiger partial charge in [-0.3, -0.25) is 4.79 Å². The van der Waals surface area contributed by atoms with Crippen molar-refractivity contribution in [3.8, 4) is 0 Å². The average Bonchev–Trinajstić information content (AvgIpc) is 2.43. The third-order valence-corrected chi connectivity index (χ3v) is 4.94. The number of hydrogen-bond acceptors (Lipinski definition) is 2. The summed E-state index contributed by atoms with van der Waals surface area (Å²) in [6.45, 7) is 4.04. The van der Waals surface area contributed by atoms with E-state index in [-0.39, 0.29) is 5.25 Å². The maximum Gasteiger partial charge on any atom is 0.316 e. The number of rotatable bonds is 15. The maximum atomic E-state index is 10.6. The Morgan fingerprint density at radius 1 is 0.850 bits per heavy atom. The minimum Gasteiger partial charge on any atom is -0.480 e. The van der Waals surface area contributed by atoms with E-state index in [0.717, 1.165) is 5.75 Å². The number of thioether (sulfide) groups is 1. The Morgan fingerprint density at radius 2 is 1.25 bits per heavy atom. The summed E-state index contributed by atoms with van der Waals surface area (Å²) in [5.41, 5.74) is 0. The fraction of sp³-hybridized carbons (Fsp3) is 0.941. The molecule has 0 aliphatic rings. The Bertz CT molecular complexity index is 219. The van der Waals surface area contributed by atoms with E-state index in [9.17, 15) is 4.79 Å². The van der Waals surface area contributed by atoms with Crippen LogP contribution in [0.4, 0.5) is 0 Å². The lowest BCUT2D eigenvalue weighted by molar-refractivity contribution is -0.136. The number of unbranched alkanes of at least 4 members (excludes halogenated alkanes) is 11. The molecule has 0 aliphatic carbocycles. The second-order valence-corrected chi connectivity index (χ2v) is 7.19. The van der Waals surface area contributed by atoms with Crippen molar-refractivity contribution in [1.29, 1.82) is 0 Å². The maximum absolute atomic E-state index is 10.6. The normalized spacial score (nSPS) is 12.5. The summed E-state index contributed by atoms with van der Waals surface area (Å²) >= 11 is 1.57. The molecule has 0 spiro atoms. The molecule has 20 heavy (non-hydrogen) atoms. The van der Waals surface area contributed by atoms with E-state index in [1.54, 1.807) is 18.7 Å². The second kappa shape index (κ2) is 15.2. The molecule has 0 radical (unpaired) electrons. The lowest BCUT2D eigenvalue weighted by Gasteiger charge is -2.05. The van der Waals surface area contributed by atoms with Crippen LogP contribution in [0.2, 0.25) is 0 Å². The Balaban J connectivity index is 3.04. The average molecular weight is 303 g/mol. The largest absolute Gasteiger partial charge is 0.480 e. The molecular formula is C17H34O2S. The highest BCUT2D eigenvalue weighted by Crippen LogP contribution is 2.15. The molecule has 120 valence electrons. The summed E-state index contributed by atoms with van der Waals surface area (Å²) in [5, 5.41) is 8.50. The van der Waals surface area contributed by atoms with Crippen molar-refractivity contribution in [2.45, 2.75) is 96.1 Å². The van der Waals surface area contributed by atoms with Gasteiger partial charge in [0.25, 0.3) is 0 Å². The molecule has 0 aromatic rings. The van der Waals surface area contributed by atoms with Crippen molar-refractivity contribution in [3.63, 3.8) is 0 Å². The Morgan fingerprint density at radius 3 is 1.65 bits per heavy atom. The lowest BCUT2D eigenvalue weighted by atomic mass is 10.1. The SMILES string of the molecule is CCCCCCCCCCCCCCSC(C)C(=O)O. The number of aliphatic carboxylic acids is 1. The topological polar surface area (TPSA) is 37.3 Å². The molecule has 0 saturated heterocycles. The first-order chi connectivity index (χ1) is 9.68. The van der Waals surface area contributed by atoms with E-state index >= 15 is 0 Å². The van der Waals surface area contributed by atoms with Crippen LogP contribution in [-0.4, -0.2) is 22.1 Å². The number of carboxylic acids is 1. The van der Waals surface area contributed by atoms with Crippen molar-refractivity contribution in [2.24, 2.45) is 0 Å². The predicted molar refractivity (Wildman–Crippen MR) is 90.6 cm³/mol. The highest BCUT2D eigenvalue weighted by molar-refractivity contribution is 8.00. The van der Waals surface area contributed by atoms with Crippen LogP contribution in [0.25, 0.3) is 0 Å². The van der Waals surface area contributed by atoms with Gasteiger partial charge in [0.2, 0.25) is 0 Å². The van der Waals surface area contributed by atoms with Gasteiger partial charge in [-0.1, -0.05) is 77.6 Å². The minimum atomic E-state index is -0.686. The van der Waals surface area contributed by atoms with Gasteiger partial charge in [-0.15, -0.1) is 11.8 Å². The summed E-state index contributed by atoms with van der Waals surface area (Å²) in [6, 6.07) is 0. The van der Waals surface area contributed by atoms with Crippen molar-refractivity contribution in [3.05, 3.63) is 0 Å². The summed E-state index contributed by atoms with van der Waals surface area (Å²) in [5.74, 6) is 0.305. The summed E-state index contributed by atoms with van der Waals surface area (Å²) in [6.07, 6.45) is 16.3. The molecule has 0 aromatic heterocycles. The fourth-order valence-electron chi connectivity index (χ4n) is 2.27. The second-order valence-electron chi connectivity index (χ2n) is 5.74. The van der Waals surface area contributed by atoms with E-state index in [4.69, 9.17) is 5.11 Å². The molecule has 2 nitrogen and oxygen atoms in total. The molecule has 0 saturated carbocycles. The molecule has 0 fully saturated rings. The summed E-state index contributed by atoms with van der Waals surface area (Å²) < 4.78 is 0. The molecule has 1 unspecified atom stereocenters. The van der Waals surface area contributed by atoms with Crippen LogP contribution in [0.5, 0.6) is 0 Å². The van der Waals surface area contributed by atoms with Crippen molar-refractivity contribution >= 4 is 17.7 Å². The van der Waals surface area contributed by atoms with Gasteiger partial charge in [-0.05, 0) is 19.1 Å². The standard InChI is InChI=1S/C17H34O2S/c1-3-4-5-6-7-8-9-10-11-12-13-14-15-20-16(2)17(18)19/h16H,3-15H2,1-2H3,(H,18,19). The van der Waals surface area contributed by atoms with Crippen LogP contribution in [0.1, 0.15) is 90.9 Å². The molecule has 0 heterocycles. The Kier molecular flexibility index (Phi) is 15.1. The smallest absolute Gasteiger partial charge is 0.316 e. The van der Waals surface area contributed by atoms with Gasteiger partial charge in [-0.2, -0.15) is 0 Å². The van der Waals surface area contributed by atoms with Gasteiger partial charge in [-0.25, -0.2) is 0 Å². The molecule has 1 atom stereocenters. The monoisotopic (exact) mass is 302 g/mol. The van der Waals surface area contributed by atoms with Gasteiger partial charge < -0.3 is 5.11 Å².